The highest BCUT2D eigenvalue weighted by molar-refractivity contribution is 5.10. The van der Waals surface area contributed by atoms with Crippen LogP contribution in [0.5, 0.6) is 0 Å². The summed E-state index contributed by atoms with van der Waals surface area (Å²) < 4.78 is 9.75. The van der Waals surface area contributed by atoms with Crippen LogP contribution in [0.3, 0.4) is 0 Å². The van der Waals surface area contributed by atoms with Crippen molar-refractivity contribution in [3.8, 4) is 0 Å². The number of H-pyrrole nitrogens is 2. The fourth-order valence-electron chi connectivity index (χ4n) is 1.50. The Bertz CT molecular complexity index is 473. The van der Waals surface area contributed by atoms with Gasteiger partial charge in [0.05, 0.1) is 5.69 Å². The largest absolute Gasteiger partial charge is 0.377 e. The molecule has 2 rings (SSSR count). The molecule has 0 spiro atoms. The molecule has 0 bridgehead atoms. The van der Waals surface area contributed by atoms with Crippen LogP contribution in [-0.2, 0) is 22.7 Å². The van der Waals surface area contributed by atoms with E-state index in [1.807, 2.05) is 48.5 Å². The number of nitrogens with one attached hydrogen (secondary N) is 2. The number of hydrogen-bond acceptors (Lipinski definition) is 4. The molecule has 0 aliphatic rings. The molecule has 0 atom stereocenters. The predicted octanol–water partition coefficient (Wildman–Crippen LogP) is 4.73. The Balaban J connectivity index is -0.000000295. The standard InChI is InChI=1S/C7H12N2O.C6H10N2O.2C2H6.CH4/c1-5-6(2)9-7(8-5)4-10-3;1-5-3-7-6(8-5)4-9-2;2*1-2;/h4H2,1-3H3,(H,8,9);3H,4H2,1-2H3,(H,7,8);2*1-2H3;1H4. The minimum absolute atomic E-state index is 0. The summed E-state index contributed by atoms with van der Waals surface area (Å²) in [5.74, 6) is 1.78. The fraction of sp³-hybridized carbons (Fsp3) is 0.667. The summed E-state index contributed by atoms with van der Waals surface area (Å²) in [6.07, 6.45) is 1.79. The molecule has 6 heteroatoms. The van der Waals surface area contributed by atoms with Crippen LogP contribution < -0.4 is 0 Å². The zero-order chi connectivity index (χ0) is 18.3. The van der Waals surface area contributed by atoms with Gasteiger partial charge in [0.15, 0.2) is 0 Å². The first-order valence-corrected chi connectivity index (χ1v) is 8.07. The van der Waals surface area contributed by atoms with Crippen LogP contribution in [0.2, 0.25) is 0 Å². The highest BCUT2D eigenvalue weighted by atomic mass is 16.5. The first kappa shape index (κ1) is 27.2. The van der Waals surface area contributed by atoms with Crippen molar-refractivity contribution in [2.75, 3.05) is 14.2 Å². The first-order chi connectivity index (χ1) is 11.1. The van der Waals surface area contributed by atoms with Gasteiger partial charge in [-0.2, -0.15) is 0 Å². The second-order valence-corrected chi connectivity index (χ2v) is 4.27. The summed E-state index contributed by atoms with van der Waals surface area (Å²) in [5, 5.41) is 0. The molecular formula is C18H38N4O2. The average Bonchev–Trinajstić information content (AvgIpc) is 3.11. The van der Waals surface area contributed by atoms with Crippen molar-refractivity contribution in [1.29, 1.82) is 0 Å². The predicted molar refractivity (Wildman–Crippen MR) is 102 cm³/mol. The SMILES string of the molecule is C.CC.CC.COCc1nc(C)c(C)[nH]1.COCc1ncc(C)[nH]1. The normalized spacial score (nSPS) is 8.54. The van der Waals surface area contributed by atoms with Crippen LogP contribution in [0.4, 0.5) is 0 Å². The molecule has 0 amide bonds. The summed E-state index contributed by atoms with van der Waals surface area (Å²) >= 11 is 0. The van der Waals surface area contributed by atoms with Gasteiger partial charge in [0.25, 0.3) is 0 Å². The number of nitrogens with zero attached hydrogens (tertiary/aromatic N) is 2. The summed E-state index contributed by atoms with van der Waals surface area (Å²) in [7, 11) is 3.31. The van der Waals surface area contributed by atoms with E-state index < -0.39 is 0 Å². The zero-order valence-electron chi connectivity index (χ0n) is 16.2. The number of rotatable bonds is 4. The van der Waals surface area contributed by atoms with E-state index in [0.717, 1.165) is 28.7 Å². The molecule has 0 saturated heterocycles. The van der Waals surface area contributed by atoms with Crippen LogP contribution in [0.25, 0.3) is 0 Å². The van der Waals surface area contributed by atoms with Crippen molar-refractivity contribution in [3.05, 3.63) is 34.9 Å². The second kappa shape index (κ2) is 17.7. The van der Waals surface area contributed by atoms with E-state index in [2.05, 4.69) is 19.9 Å². The van der Waals surface area contributed by atoms with Gasteiger partial charge in [0.1, 0.15) is 24.9 Å². The minimum Gasteiger partial charge on any atom is -0.377 e. The van der Waals surface area contributed by atoms with Gasteiger partial charge in [-0.15, -0.1) is 0 Å². The van der Waals surface area contributed by atoms with E-state index in [1.54, 1.807) is 20.4 Å². The van der Waals surface area contributed by atoms with E-state index in [0.29, 0.717) is 13.2 Å². The fourth-order valence-corrected chi connectivity index (χ4v) is 1.50. The number of methoxy groups -OCH3 is 2. The number of aromatic nitrogens is 4. The van der Waals surface area contributed by atoms with Crippen molar-refractivity contribution in [1.82, 2.24) is 19.9 Å². The Morgan fingerprint density at radius 1 is 0.875 bits per heavy atom. The van der Waals surface area contributed by atoms with E-state index >= 15 is 0 Å². The lowest BCUT2D eigenvalue weighted by Gasteiger charge is -1.89. The Hall–Kier alpha value is -1.66. The van der Waals surface area contributed by atoms with Crippen molar-refractivity contribution in [2.45, 2.75) is 69.1 Å². The summed E-state index contributed by atoms with van der Waals surface area (Å²) in [4.78, 5) is 14.4. The van der Waals surface area contributed by atoms with Gasteiger partial charge in [-0.1, -0.05) is 35.1 Å². The minimum atomic E-state index is 0. The van der Waals surface area contributed by atoms with Crippen LogP contribution in [0.1, 0.15) is 63.9 Å². The van der Waals surface area contributed by atoms with Gasteiger partial charge in [-0.3, -0.25) is 0 Å². The lowest BCUT2D eigenvalue weighted by molar-refractivity contribution is 0.178. The molecule has 0 aliphatic heterocycles. The maximum absolute atomic E-state index is 4.90. The van der Waals surface area contributed by atoms with Crippen LogP contribution in [0, 0.1) is 20.8 Å². The number of ether oxygens (including phenoxy) is 2. The molecule has 0 aromatic carbocycles. The molecule has 0 radical (unpaired) electrons. The van der Waals surface area contributed by atoms with Gasteiger partial charge in [-0.05, 0) is 20.8 Å². The Labute approximate surface area is 148 Å². The monoisotopic (exact) mass is 342 g/mol. The highest BCUT2D eigenvalue weighted by Gasteiger charge is 1.99. The van der Waals surface area contributed by atoms with Crippen molar-refractivity contribution in [2.24, 2.45) is 0 Å². The maximum Gasteiger partial charge on any atom is 0.132 e. The van der Waals surface area contributed by atoms with E-state index in [9.17, 15) is 0 Å². The smallest absolute Gasteiger partial charge is 0.132 e. The third-order valence-corrected chi connectivity index (χ3v) is 2.49. The van der Waals surface area contributed by atoms with Crippen LogP contribution in [0.15, 0.2) is 6.20 Å². The third-order valence-electron chi connectivity index (χ3n) is 2.49. The lowest BCUT2D eigenvalue weighted by atomic mass is 10.4. The molecular weight excluding hydrogens is 304 g/mol. The average molecular weight is 343 g/mol. The van der Waals surface area contributed by atoms with Gasteiger partial charge in [0.2, 0.25) is 0 Å². The van der Waals surface area contributed by atoms with Crippen molar-refractivity contribution in [3.63, 3.8) is 0 Å². The highest BCUT2D eigenvalue weighted by Crippen LogP contribution is 2.02. The summed E-state index contributed by atoms with van der Waals surface area (Å²) in [6.45, 7) is 15.1. The van der Waals surface area contributed by atoms with Crippen molar-refractivity contribution < 1.29 is 9.47 Å². The molecule has 6 nitrogen and oxygen atoms in total. The topological polar surface area (TPSA) is 75.8 Å². The first-order valence-electron chi connectivity index (χ1n) is 8.07. The van der Waals surface area contributed by atoms with Crippen LogP contribution in [-0.4, -0.2) is 34.2 Å². The van der Waals surface area contributed by atoms with Gasteiger partial charge in [-0.25, -0.2) is 9.97 Å². The lowest BCUT2D eigenvalue weighted by Crippen LogP contribution is -1.89. The number of hydrogen-bond donors (Lipinski definition) is 2. The molecule has 142 valence electrons. The Morgan fingerprint density at radius 3 is 1.71 bits per heavy atom. The molecule has 24 heavy (non-hydrogen) atoms. The van der Waals surface area contributed by atoms with E-state index in [1.165, 1.54) is 0 Å². The maximum atomic E-state index is 4.90. The number of imidazole rings is 2. The molecule has 0 saturated carbocycles. The van der Waals surface area contributed by atoms with Crippen molar-refractivity contribution >= 4 is 0 Å². The van der Waals surface area contributed by atoms with Gasteiger partial charge < -0.3 is 19.4 Å². The molecule has 0 aliphatic carbocycles. The summed E-state index contributed by atoms with van der Waals surface area (Å²) in [5.41, 5.74) is 3.24. The van der Waals surface area contributed by atoms with Gasteiger partial charge >= 0.3 is 0 Å². The molecule has 2 heterocycles. The second-order valence-electron chi connectivity index (χ2n) is 4.27. The zero-order valence-corrected chi connectivity index (χ0v) is 16.2. The van der Waals surface area contributed by atoms with Gasteiger partial charge in [0, 0.05) is 31.8 Å². The Kier molecular flexibility index (Phi) is 20.0. The van der Waals surface area contributed by atoms with E-state index in [-0.39, 0.29) is 7.43 Å². The molecule has 2 aromatic rings. The third kappa shape index (κ3) is 11.8. The molecule has 0 fully saturated rings. The summed E-state index contributed by atoms with van der Waals surface area (Å²) in [6, 6.07) is 0. The number of aryl methyl sites for hydroxylation is 3. The quantitative estimate of drug-likeness (QED) is 0.842. The molecule has 2 N–H and O–H groups in total. The molecule has 2 aromatic heterocycles. The molecule has 0 unspecified atom stereocenters. The Morgan fingerprint density at radius 2 is 1.38 bits per heavy atom. The number of aromatic amines is 2. The van der Waals surface area contributed by atoms with Crippen LogP contribution >= 0.6 is 0 Å². The van der Waals surface area contributed by atoms with E-state index in [4.69, 9.17) is 9.47 Å².